The fourth-order valence-electron chi connectivity index (χ4n) is 2.87. The Hall–Kier alpha value is -2.88. The van der Waals surface area contributed by atoms with Gasteiger partial charge in [-0.2, -0.15) is 0 Å². The second kappa shape index (κ2) is 11.8. The Balaban J connectivity index is 2.10. The van der Waals surface area contributed by atoms with E-state index in [0.717, 1.165) is 12.8 Å². The number of rotatable bonds is 12. The number of benzene rings is 2. The number of unbranched alkanes of at least 4 members (excludes halogenated alkanes) is 5. The van der Waals surface area contributed by atoms with Gasteiger partial charge in [-0.1, -0.05) is 75.9 Å². The first-order valence-electron chi connectivity index (χ1n) is 10.3. The zero-order chi connectivity index (χ0) is 21.1. The topological polar surface area (TPSA) is 52.6 Å². The minimum Gasteiger partial charge on any atom is -0.493 e. The first kappa shape index (κ1) is 22.4. The van der Waals surface area contributed by atoms with Crippen LogP contribution in [0.25, 0.3) is 0 Å². The van der Waals surface area contributed by atoms with Gasteiger partial charge >= 0.3 is 5.97 Å². The molecule has 0 spiro atoms. The van der Waals surface area contributed by atoms with Crippen LogP contribution in [0.15, 0.2) is 60.7 Å². The lowest BCUT2D eigenvalue weighted by Gasteiger charge is -2.13. The molecule has 4 nitrogen and oxygen atoms in total. The van der Waals surface area contributed by atoms with E-state index in [1.807, 2.05) is 6.07 Å². The van der Waals surface area contributed by atoms with E-state index >= 15 is 0 Å². The molecule has 2 aromatic rings. The SMILES string of the molecule is C=C(C)C(=O)Oc1cc(OCCCCCCCC)ccc1C(=O)c1ccccc1. The van der Waals surface area contributed by atoms with E-state index in [1.165, 1.54) is 25.7 Å². The molecular formula is C25H30O4. The van der Waals surface area contributed by atoms with Crippen molar-refractivity contribution in [2.45, 2.75) is 52.4 Å². The second-order valence-corrected chi connectivity index (χ2v) is 7.14. The highest BCUT2D eigenvalue weighted by Gasteiger charge is 2.18. The molecule has 0 aliphatic carbocycles. The maximum absolute atomic E-state index is 12.9. The van der Waals surface area contributed by atoms with Gasteiger partial charge in [0.05, 0.1) is 12.2 Å². The number of ether oxygens (including phenoxy) is 2. The Bertz CT molecular complexity index is 824. The van der Waals surface area contributed by atoms with Crippen LogP contribution in [0.1, 0.15) is 68.3 Å². The summed E-state index contributed by atoms with van der Waals surface area (Å²) in [4.78, 5) is 24.9. The van der Waals surface area contributed by atoms with Gasteiger partial charge in [0.1, 0.15) is 11.5 Å². The third-order valence-electron chi connectivity index (χ3n) is 4.55. The molecule has 0 aliphatic rings. The number of esters is 1. The normalized spacial score (nSPS) is 10.4. The molecule has 2 rings (SSSR count). The summed E-state index contributed by atoms with van der Waals surface area (Å²) in [5.41, 5.74) is 1.11. The smallest absolute Gasteiger partial charge is 0.338 e. The first-order chi connectivity index (χ1) is 14.0. The molecule has 0 saturated heterocycles. The van der Waals surface area contributed by atoms with Gasteiger partial charge in [0, 0.05) is 17.2 Å². The third kappa shape index (κ3) is 7.22. The van der Waals surface area contributed by atoms with Gasteiger partial charge in [0.15, 0.2) is 5.78 Å². The molecular weight excluding hydrogens is 364 g/mol. The lowest BCUT2D eigenvalue weighted by Crippen LogP contribution is -2.12. The quantitative estimate of drug-likeness (QED) is 0.143. The molecule has 0 bridgehead atoms. The molecule has 2 aromatic carbocycles. The number of carbonyl (C=O) groups excluding carboxylic acids is 2. The fourth-order valence-corrected chi connectivity index (χ4v) is 2.87. The minimum atomic E-state index is -0.569. The molecule has 0 heterocycles. The summed E-state index contributed by atoms with van der Waals surface area (Å²) >= 11 is 0. The lowest BCUT2D eigenvalue weighted by molar-refractivity contribution is -0.130. The van der Waals surface area contributed by atoms with Crippen LogP contribution in [-0.4, -0.2) is 18.4 Å². The van der Waals surface area contributed by atoms with E-state index in [1.54, 1.807) is 49.4 Å². The predicted molar refractivity (Wildman–Crippen MR) is 116 cm³/mol. The molecule has 29 heavy (non-hydrogen) atoms. The van der Waals surface area contributed by atoms with Crippen molar-refractivity contribution in [3.63, 3.8) is 0 Å². The summed E-state index contributed by atoms with van der Waals surface area (Å²) in [6.07, 6.45) is 7.07. The Labute approximate surface area is 173 Å². The minimum absolute atomic E-state index is 0.187. The number of ketones is 1. The van der Waals surface area contributed by atoms with Crippen LogP contribution in [-0.2, 0) is 4.79 Å². The maximum Gasteiger partial charge on any atom is 0.338 e. The molecule has 0 unspecified atom stereocenters. The summed E-state index contributed by atoms with van der Waals surface area (Å²) in [7, 11) is 0. The Kier molecular flexibility index (Phi) is 9.16. The van der Waals surface area contributed by atoms with Crippen molar-refractivity contribution in [1.82, 2.24) is 0 Å². The van der Waals surface area contributed by atoms with Crippen molar-refractivity contribution in [2.75, 3.05) is 6.61 Å². The molecule has 0 fully saturated rings. The van der Waals surface area contributed by atoms with E-state index < -0.39 is 5.97 Å². The molecule has 0 atom stereocenters. The van der Waals surface area contributed by atoms with Crippen LogP contribution < -0.4 is 9.47 Å². The largest absolute Gasteiger partial charge is 0.493 e. The van der Waals surface area contributed by atoms with Crippen LogP contribution in [0.3, 0.4) is 0 Å². The predicted octanol–water partition coefficient (Wildman–Crippen LogP) is 6.14. The standard InChI is InChI=1S/C25H30O4/c1-4-5-6-7-8-12-17-28-21-15-16-22(23(18-21)29-25(27)19(2)3)24(26)20-13-10-9-11-14-20/h9-11,13-16,18H,2,4-8,12,17H2,1,3H3. The van der Waals surface area contributed by atoms with Gasteiger partial charge in [-0.25, -0.2) is 4.79 Å². The van der Waals surface area contributed by atoms with Crippen molar-refractivity contribution in [2.24, 2.45) is 0 Å². The number of carbonyl (C=O) groups is 2. The Morgan fingerprint density at radius 2 is 1.62 bits per heavy atom. The highest BCUT2D eigenvalue weighted by atomic mass is 16.5. The van der Waals surface area contributed by atoms with Crippen molar-refractivity contribution >= 4 is 11.8 Å². The summed E-state index contributed by atoms with van der Waals surface area (Å²) < 4.78 is 11.2. The van der Waals surface area contributed by atoms with Crippen LogP contribution >= 0.6 is 0 Å². The van der Waals surface area contributed by atoms with Crippen LogP contribution in [0.5, 0.6) is 11.5 Å². The fraction of sp³-hybridized carbons (Fsp3) is 0.360. The average Bonchev–Trinajstić information content (AvgIpc) is 2.73. The van der Waals surface area contributed by atoms with Crippen LogP contribution in [0, 0.1) is 0 Å². The molecule has 0 amide bonds. The van der Waals surface area contributed by atoms with Crippen molar-refractivity contribution in [3.05, 3.63) is 71.8 Å². The highest BCUT2D eigenvalue weighted by Crippen LogP contribution is 2.28. The van der Waals surface area contributed by atoms with Crippen molar-refractivity contribution in [3.8, 4) is 11.5 Å². The van der Waals surface area contributed by atoms with E-state index in [0.29, 0.717) is 23.5 Å². The summed E-state index contributed by atoms with van der Waals surface area (Å²) in [5, 5.41) is 0. The van der Waals surface area contributed by atoms with Gasteiger partial charge in [0.25, 0.3) is 0 Å². The van der Waals surface area contributed by atoms with Crippen LogP contribution in [0.2, 0.25) is 0 Å². The maximum atomic E-state index is 12.9. The second-order valence-electron chi connectivity index (χ2n) is 7.14. The number of hydrogen-bond acceptors (Lipinski definition) is 4. The zero-order valence-corrected chi connectivity index (χ0v) is 17.4. The Morgan fingerprint density at radius 1 is 0.931 bits per heavy atom. The number of hydrogen-bond donors (Lipinski definition) is 0. The molecule has 0 aliphatic heterocycles. The summed E-state index contributed by atoms with van der Waals surface area (Å²) in [5.74, 6) is -0.0160. The van der Waals surface area contributed by atoms with E-state index in [9.17, 15) is 9.59 Å². The zero-order valence-electron chi connectivity index (χ0n) is 17.4. The molecule has 0 N–H and O–H groups in total. The van der Waals surface area contributed by atoms with Gasteiger partial charge in [-0.3, -0.25) is 4.79 Å². The summed E-state index contributed by atoms with van der Waals surface area (Å²) in [6.45, 7) is 7.97. The molecule has 0 radical (unpaired) electrons. The van der Waals surface area contributed by atoms with E-state index in [-0.39, 0.29) is 17.1 Å². The van der Waals surface area contributed by atoms with Crippen molar-refractivity contribution in [1.29, 1.82) is 0 Å². The van der Waals surface area contributed by atoms with Gasteiger partial charge in [-0.05, 0) is 25.5 Å². The van der Waals surface area contributed by atoms with E-state index in [4.69, 9.17) is 9.47 Å². The molecule has 4 heteroatoms. The Morgan fingerprint density at radius 3 is 2.31 bits per heavy atom. The van der Waals surface area contributed by atoms with Crippen molar-refractivity contribution < 1.29 is 19.1 Å². The monoisotopic (exact) mass is 394 g/mol. The van der Waals surface area contributed by atoms with Gasteiger partial charge in [0.2, 0.25) is 0 Å². The van der Waals surface area contributed by atoms with Gasteiger partial charge in [-0.15, -0.1) is 0 Å². The summed E-state index contributed by atoms with van der Waals surface area (Å²) in [6, 6.07) is 13.9. The van der Waals surface area contributed by atoms with Crippen LogP contribution in [0.4, 0.5) is 0 Å². The van der Waals surface area contributed by atoms with Gasteiger partial charge < -0.3 is 9.47 Å². The molecule has 0 saturated carbocycles. The first-order valence-corrected chi connectivity index (χ1v) is 10.3. The third-order valence-corrected chi connectivity index (χ3v) is 4.55. The molecule has 154 valence electrons. The van der Waals surface area contributed by atoms with E-state index in [2.05, 4.69) is 13.5 Å². The molecule has 0 aromatic heterocycles. The highest BCUT2D eigenvalue weighted by molar-refractivity contribution is 6.11. The lowest BCUT2D eigenvalue weighted by atomic mass is 10.0. The average molecular weight is 395 g/mol.